The molecule has 0 fully saturated rings. The molecule has 2 N–H and O–H groups in total. The van der Waals surface area contributed by atoms with E-state index in [1.165, 1.54) is 0 Å². The van der Waals surface area contributed by atoms with E-state index < -0.39 is 0 Å². The van der Waals surface area contributed by atoms with Crippen molar-refractivity contribution >= 4 is 17.7 Å². The smallest absolute Gasteiger partial charge is 0.148 e. The second-order valence-corrected chi connectivity index (χ2v) is 4.90. The summed E-state index contributed by atoms with van der Waals surface area (Å²) in [6, 6.07) is 3.70. The zero-order valence-electron chi connectivity index (χ0n) is 12.5. The lowest BCUT2D eigenvalue weighted by Crippen LogP contribution is -2.18. The third-order valence-electron chi connectivity index (χ3n) is 3.43. The second kappa shape index (κ2) is 6.88. The molecule has 0 amide bonds. The van der Waals surface area contributed by atoms with Gasteiger partial charge in [0.1, 0.15) is 5.82 Å². The van der Waals surface area contributed by atoms with Gasteiger partial charge in [0.15, 0.2) is 0 Å². The zero-order chi connectivity index (χ0) is 15.2. The molecule has 6 nitrogen and oxygen atoms in total. The minimum Gasteiger partial charge on any atom is -0.512 e. The summed E-state index contributed by atoms with van der Waals surface area (Å²) in [5.41, 5.74) is 2.48. The highest BCUT2D eigenvalue weighted by Gasteiger charge is 2.13. The van der Waals surface area contributed by atoms with E-state index in [1.54, 1.807) is 14.0 Å². The molecule has 2 heterocycles. The lowest BCUT2D eigenvalue weighted by atomic mass is 10.0. The fourth-order valence-electron chi connectivity index (χ4n) is 2.15. The SMILES string of the molecule is C=C(CC/C(=C(\C)O)c1ccc(NC)nn1)N1C=NCC1. The Bertz CT molecular complexity index is 558. The Hall–Kier alpha value is -2.37. The van der Waals surface area contributed by atoms with Crippen LogP contribution in [0.4, 0.5) is 5.82 Å². The number of hydrogen-bond donors (Lipinski definition) is 2. The fourth-order valence-corrected chi connectivity index (χ4v) is 2.15. The van der Waals surface area contributed by atoms with E-state index in [2.05, 4.69) is 27.1 Å². The number of allylic oxidation sites excluding steroid dienone is 3. The van der Waals surface area contributed by atoms with Crippen LogP contribution in [0.1, 0.15) is 25.5 Å². The third kappa shape index (κ3) is 3.81. The monoisotopic (exact) mass is 287 g/mol. The minimum atomic E-state index is 0.268. The summed E-state index contributed by atoms with van der Waals surface area (Å²) in [5, 5.41) is 21.0. The van der Waals surface area contributed by atoms with Crippen LogP contribution in [0.15, 0.2) is 35.2 Å². The predicted molar refractivity (Wildman–Crippen MR) is 85.2 cm³/mol. The molecule has 2 rings (SSSR count). The van der Waals surface area contributed by atoms with Gasteiger partial charge in [-0.3, -0.25) is 4.99 Å². The summed E-state index contributed by atoms with van der Waals surface area (Å²) in [6.07, 6.45) is 3.23. The van der Waals surface area contributed by atoms with Crippen LogP contribution in [0.3, 0.4) is 0 Å². The van der Waals surface area contributed by atoms with Gasteiger partial charge in [-0.25, -0.2) is 0 Å². The van der Waals surface area contributed by atoms with Crippen molar-refractivity contribution in [1.29, 1.82) is 0 Å². The normalized spacial score (nSPS) is 15.0. The first kappa shape index (κ1) is 15.0. The first-order valence-corrected chi connectivity index (χ1v) is 6.96. The Balaban J connectivity index is 2.04. The molecular formula is C15H21N5O. The standard InChI is InChI=1S/C15H21N5O/c1-11(20-9-8-17-10-20)4-5-13(12(2)21)14-6-7-15(16-3)19-18-14/h6-7,10,21H,1,4-5,8-9H2,2-3H3,(H,16,19)/b13-12-. The summed E-state index contributed by atoms with van der Waals surface area (Å²) in [6.45, 7) is 7.44. The highest BCUT2D eigenvalue weighted by Crippen LogP contribution is 2.24. The van der Waals surface area contributed by atoms with E-state index >= 15 is 0 Å². The average Bonchev–Trinajstić information content (AvgIpc) is 3.02. The molecule has 0 spiro atoms. The van der Waals surface area contributed by atoms with Crippen molar-refractivity contribution in [2.45, 2.75) is 19.8 Å². The van der Waals surface area contributed by atoms with Crippen LogP contribution in [0, 0.1) is 0 Å². The summed E-state index contributed by atoms with van der Waals surface area (Å²) >= 11 is 0. The van der Waals surface area contributed by atoms with Gasteiger partial charge in [0.05, 0.1) is 24.3 Å². The van der Waals surface area contributed by atoms with Gasteiger partial charge in [0.25, 0.3) is 0 Å². The van der Waals surface area contributed by atoms with E-state index in [0.717, 1.165) is 30.8 Å². The molecule has 112 valence electrons. The topological polar surface area (TPSA) is 73.6 Å². The molecule has 1 aromatic rings. The number of anilines is 1. The molecule has 1 aliphatic heterocycles. The molecule has 0 saturated heterocycles. The first-order valence-electron chi connectivity index (χ1n) is 6.96. The van der Waals surface area contributed by atoms with Crippen molar-refractivity contribution in [3.8, 4) is 0 Å². The third-order valence-corrected chi connectivity index (χ3v) is 3.43. The van der Waals surface area contributed by atoms with Crippen molar-refractivity contribution < 1.29 is 5.11 Å². The molecule has 21 heavy (non-hydrogen) atoms. The molecule has 1 aromatic heterocycles. The number of rotatable bonds is 6. The number of nitrogens with zero attached hydrogens (tertiary/aromatic N) is 4. The maximum atomic E-state index is 9.90. The van der Waals surface area contributed by atoms with E-state index in [1.807, 2.05) is 23.4 Å². The van der Waals surface area contributed by atoms with Gasteiger partial charge in [-0.05, 0) is 31.9 Å². The van der Waals surface area contributed by atoms with Crippen molar-refractivity contribution in [2.24, 2.45) is 4.99 Å². The number of hydrogen-bond acceptors (Lipinski definition) is 6. The van der Waals surface area contributed by atoms with Gasteiger partial charge < -0.3 is 15.3 Å². The van der Waals surface area contributed by atoms with Gasteiger partial charge in [-0.15, -0.1) is 10.2 Å². The summed E-state index contributed by atoms with van der Waals surface area (Å²) in [5.74, 6) is 0.968. The van der Waals surface area contributed by atoms with Gasteiger partial charge in [0, 0.05) is 24.9 Å². The van der Waals surface area contributed by atoms with Crippen molar-refractivity contribution in [1.82, 2.24) is 15.1 Å². The Morgan fingerprint density at radius 1 is 1.38 bits per heavy atom. The second-order valence-electron chi connectivity index (χ2n) is 4.90. The van der Waals surface area contributed by atoms with Gasteiger partial charge in [-0.1, -0.05) is 6.58 Å². The lowest BCUT2D eigenvalue weighted by Gasteiger charge is -2.17. The first-order chi connectivity index (χ1) is 10.1. The molecule has 0 unspecified atom stereocenters. The predicted octanol–water partition coefficient (Wildman–Crippen LogP) is 2.45. The van der Waals surface area contributed by atoms with Gasteiger partial charge in [0.2, 0.25) is 0 Å². The molecule has 0 bridgehead atoms. The zero-order valence-corrected chi connectivity index (χ0v) is 12.5. The summed E-state index contributed by atoms with van der Waals surface area (Å²) < 4.78 is 0. The molecule has 0 radical (unpaired) electrons. The van der Waals surface area contributed by atoms with E-state index in [9.17, 15) is 5.11 Å². The molecule has 0 saturated carbocycles. The van der Waals surface area contributed by atoms with Crippen LogP contribution in [-0.2, 0) is 0 Å². The summed E-state index contributed by atoms with van der Waals surface area (Å²) in [7, 11) is 1.79. The van der Waals surface area contributed by atoms with Crippen molar-refractivity contribution in [2.75, 3.05) is 25.5 Å². The van der Waals surface area contributed by atoms with Gasteiger partial charge >= 0.3 is 0 Å². The quantitative estimate of drug-likeness (QED) is 0.786. The van der Waals surface area contributed by atoms with Crippen LogP contribution in [0.25, 0.3) is 5.57 Å². The number of nitrogens with one attached hydrogen (secondary N) is 1. The molecule has 0 aromatic carbocycles. The van der Waals surface area contributed by atoms with Crippen LogP contribution < -0.4 is 5.32 Å². The Morgan fingerprint density at radius 3 is 2.71 bits per heavy atom. The van der Waals surface area contributed by atoms with Crippen LogP contribution >= 0.6 is 0 Å². The average molecular weight is 287 g/mol. The number of aliphatic imine (C=N–C) groups is 1. The van der Waals surface area contributed by atoms with Gasteiger partial charge in [-0.2, -0.15) is 0 Å². The highest BCUT2D eigenvalue weighted by molar-refractivity contribution is 5.65. The number of aliphatic hydroxyl groups excluding tert-OH is 1. The molecule has 0 aliphatic carbocycles. The van der Waals surface area contributed by atoms with E-state index in [-0.39, 0.29) is 5.76 Å². The summed E-state index contributed by atoms with van der Waals surface area (Å²) in [4.78, 5) is 6.22. The van der Waals surface area contributed by atoms with Crippen molar-refractivity contribution in [3.05, 3.63) is 35.9 Å². The lowest BCUT2D eigenvalue weighted by molar-refractivity contribution is 0.414. The van der Waals surface area contributed by atoms with Crippen LogP contribution in [-0.4, -0.2) is 46.7 Å². The number of aliphatic hydroxyl groups is 1. The van der Waals surface area contributed by atoms with Crippen LogP contribution in [0.2, 0.25) is 0 Å². The maximum absolute atomic E-state index is 9.90. The van der Waals surface area contributed by atoms with Crippen LogP contribution in [0.5, 0.6) is 0 Å². The Kier molecular flexibility index (Phi) is 4.92. The Morgan fingerprint density at radius 2 is 2.19 bits per heavy atom. The molecule has 1 aliphatic rings. The maximum Gasteiger partial charge on any atom is 0.148 e. The molecule has 6 heteroatoms. The Labute approximate surface area is 124 Å². The largest absolute Gasteiger partial charge is 0.512 e. The highest BCUT2D eigenvalue weighted by atomic mass is 16.3. The number of aromatic nitrogens is 2. The minimum absolute atomic E-state index is 0.268. The van der Waals surface area contributed by atoms with E-state index in [4.69, 9.17) is 0 Å². The molecular weight excluding hydrogens is 266 g/mol. The fraction of sp³-hybridized carbons (Fsp3) is 0.400. The molecule has 0 atom stereocenters. The van der Waals surface area contributed by atoms with E-state index in [0.29, 0.717) is 17.9 Å². The van der Waals surface area contributed by atoms with Crippen molar-refractivity contribution in [3.63, 3.8) is 0 Å².